The number of hydrogen-bond donors (Lipinski definition) is 3. The lowest BCUT2D eigenvalue weighted by molar-refractivity contribution is -0.131. The first-order valence-corrected chi connectivity index (χ1v) is 17.9. The molecule has 2 aliphatic carbocycles. The van der Waals surface area contributed by atoms with Crippen LogP contribution in [0.5, 0.6) is 5.75 Å². The van der Waals surface area contributed by atoms with Crippen LogP contribution in [-0.4, -0.2) is 57.9 Å². The van der Waals surface area contributed by atoms with Gasteiger partial charge in [0.05, 0.1) is 18.8 Å². The van der Waals surface area contributed by atoms with E-state index >= 15 is 0 Å². The van der Waals surface area contributed by atoms with E-state index in [1.165, 1.54) is 27.8 Å². The minimum atomic E-state index is -0.659. The van der Waals surface area contributed by atoms with E-state index in [9.17, 15) is 9.90 Å². The van der Waals surface area contributed by atoms with Crippen LogP contribution in [0, 0.1) is 6.92 Å². The van der Waals surface area contributed by atoms with Crippen molar-refractivity contribution in [1.82, 2.24) is 15.2 Å². The van der Waals surface area contributed by atoms with Gasteiger partial charge in [-0.2, -0.15) is 0 Å². The normalized spacial score (nSPS) is 16.4. The summed E-state index contributed by atoms with van der Waals surface area (Å²) in [6.45, 7) is 8.65. The Labute approximate surface area is 281 Å². The number of carbonyl (C=O) groups excluding carboxylic acids is 1. The average molecular weight is 642 g/mol. The fourth-order valence-electron chi connectivity index (χ4n) is 6.58. The van der Waals surface area contributed by atoms with Gasteiger partial charge in [0.15, 0.2) is 0 Å². The van der Waals surface area contributed by atoms with Gasteiger partial charge in [0, 0.05) is 49.6 Å². The third kappa shape index (κ3) is 9.65. The number of unbranched alkanes of at least 4 members (excludes halogenated alkanes) is 1. The van der Waals surface area contributed by atoms with Crippen molar-refractivity contribution in [2.75, 3.05) is 19.7 Å². The number of rotatable bonds is 20. The van der Waals surface area contributed by atoms with Crippen LogP contribution in [0.25, 0.3) is 11.1 Å². The molecule has 0 aliphatic heterocycles. The molecular formula is C40H55N3O4. The molecule has 2 aliphatic rings. The predicted octanol–water partition coefficient (Wildman–Crippen LogP) is 7.41. The van der Waals surface area contributed by atoms with Crippen LogP contribution in [0.15, 0.2) is 60.9 Å². The summed E-state index contributed by atoms with van der Waals surface area (Å²) >= 11 is 0. The Kier molecular flexibility index (Phi) is 12.5. The minimum Gasteiger partial charge on any atom is -0.490 e. The Hall–Kier alpha value is -3.26. The zero-order chi connectivity index (χ0) is 33.2. The number of nitrogens with zero attached hydrogens (tertiary/aromatic N) is 2. The van der Waals surface area contributed by atoms with Gasteiger partial charge in [-0.1, -0.05) is 50.2 Å². The highest BCUT2D eigenvalue weighted by atomic mass is 16.5. The second-order valence-electron chi connectivity index (χ2n) is 13.9. The number of para-hydroxylation sites is 1. The maximum atomic E-state index is 13.0. The van der Waals surface area contributed by atoms with Crippen LogP contribution in [0.3, 0.4) is 0 Å². The van der Waals surface area contributed by atoms with Crippen molar-refractivity contribution < 1.29 is 19.7 Å². The number of nitrogens with one attached hydrogen (secondary N) is 1. The number of aryl methyl sites for hydroxylation is 1. The highest BCUT2D eigenvalue weighted by Crippen LogP contribution is 2.50. The molecule has 0 radical (unpaired) electrons. The van der Waals surface area contributed by atoms with Crippen molar-refractivity contribution in [3.8, 4) is 16.9 Å². The fraction of sp³-hybridized carbons (Fsp3) is 0.550. The summed E-state index contributed by atoms with van der Waals surface area (Å²) in [6.07, 6.45) is 13.6. The van der Waals surface area contributed by atoms with Gasteiger partial charge in [-0.05, 0) is 117 Å². The Morgan fingerprint density at radius 2 is 1.87 bits per heavy atom. The molecule has 5 rings (SSSR count). The van der Waals surface area contributed by atoms with Crippen molar-refractivity contribution in [3.05, 3.63) is 83.2 Å². The molecule has 254 valence electrons. The van der Waals surface area contributed by atoms with Crippen LogP contribution in [-0.2, 0) is 16.9 Å². The Morgan fingerprint density at radius 3 is 2.62 bits per heavy atom. The SMILES string of the molecule is CCCN(CCCCC(O)CO)C(=O)CCCC(C)c1ccc(C)c(CNC2(c3cnccc3-c3ccccc3OC3CC3)CC2)c1. The summed E-state index contributed by atoms with van der Waals surface area (Å²) < 4.78 is 6.30. The van der Waals surface area contributed by atoms with Gasteiger partial charge in [-0.15, -0.1) is 0 Å². The highest BCUT2D eigenvalue weighted by molar-refractivity contribution is 5.76. The van der Waals surface area contributed by atoms with Crippen molar-refractivity contribution in [2.45, 2.75) is 122 Å². The molecule has 2 saturated carbocycles. The number of ether oxygens (including phenoxy) is 1. The molecule has 1 aromatic heterocycles. The summed E-state index contributed by atoms with van der Waals surface area (Å²) in [4.78, 5) is 19.6. The van der Waals surface area contributed by atoms with Crippen molar-refractivity contribution in [2.24, 2.45) is 0 Å². The highest BCUT2D eigenvalue weighted by Gasteiger charge is 2.45. The molecule has 1 heterocycles. The summed E-state index contributed by atoms with van der Waals surface area (Å²) in [5.74, 6) is 1.55. The number of amides is 1. The number of aliphatic hydroxyl groups is 2. The van der Waals surface area contributed by atoms with Gasteiger partial charge < -0.3 is 25.2 Å². The number of aromatic nitrogens is 1. The van der Waals surface area contributed by atoms with Crippen LogP contribution in [0.2, 0.25) is 0 Å². The maximum absolute atomic E-state index is 13.0. The number of benzene rings is 2. The molecule has 2 unspecified atom stereocenters. The molecule has 0 saturated heterocycles. The fourth-order valence-corrected chi connectivity index (χ4v) is 6.58. The smallest absolute Gasteiger partial charge is 0.222 e. The minimum absolute atomic E-state index is 0.0896. The van der Waals surface area contributed by atoms with Crippen molar-refractivity contribution >= 4 is 5.91 Å². The van der Waals surface area contributed by atoms with E-state index in [0.717, 1.165) is 88.7 Å². The number of hydrogen-bond acceptors (Lipinski definition) is 6. The molecule has 1 amide bonds. The van der Waals surface area contributed by atoms with E-state index in [-0.39, 0.29) is 18.1 Å². The molecule has 3 aromatic rings. The van der Waals surface area contributed by atoms with E-state index < -0.39 is 6.10 Å². The topological polar surface area (TPSA) is 94.9 Å². The van der Waals surface area contributed by atoms with Crippen molar-refractivity contribution in [1.29, 1.82) is 0 Å². The Balaban J connectivity index is 1.17. The molecular weight excluding hydrogens is 586 g/mol. The van der Waals surface area contributed by atoms with E-state index in [0.29, 0.717) is 24.9 Å². The Morgan fingerprint density at radius 1 is 1.06 bits per heavy atom. The molecule has 47 heavy (non-hydrogen) atoms. The van der Waals surface area contributed by atoms with Gasteiger partial charge in [0.1, 0.15) is 5.75 Å². The quantitative estimate of drug-likeness (QED) is 0.111. The van der Waals surface area contributed by atoms with E-state index in [1.54, 1.807) is 0 Å². The summed E-state index contributed by atoms with van der Waals surface area (Å²) in [6, 6.07) is 17.4. The lowest BCUT2D eigenvalue weighted by Gasteiger charge is -2.24. The summed E-state index contributed by atoms with van der Waals surface area (Å²) in [7, 11) is 0. The molecule has 7 nitrogen and oxygen atoms in total. The van der Waals surface area contributed by atoms with Crippen molar-refractivity contribution in [3.63, 3.8) is 0 Å². The zero-order valence-corrected chi connectivity index (χ0v) is 28.7. The van der Waals surface area contributed by atoms with E-state index in [4.69, 9.17) is 9.84 Å². The lowest BCUT2D eigenvalue weighted by Crippen LogP contribution is -2.32. The molecule has 2 fully saturated rings. The first-order chi connectivity index (χ1) is 22.8. The third-order valence-electron chi connectivity index (χ3n) is 9.94. The first kappa shape index (κ1) is 35.1. The van der Waals surface area contributed by atoms with Gasteiger partial charge in [-0.25, -0.2) is 0 Å². The molecule has 2 aromatic carbocycles. The second-order valence-corrected chi connectivity index (χ2v) is 13.9. The third-order valence-corrected chi connectivity index (χ3v) is 9.94. The molecule has 0 bridgehead atoms. The largest absolute Gasteiger partial charge is 0.490 e. The van der Waals surface area contributed by atoms with Crippen LogP contribution < -0.4 is 10.1 Å². The molecule has 3 N–H and O–H groups in total. The van der Waals surface area contributed by atoms with Gasteiger partial charge in [0.25, 0.3) is 0 Å². The van der Waals surface area contributed by atoms with Crippen LogP contribution in [0.1, 0.15) is 113 Å². The average Bonchev–Trinajstić information content (AvgIpc) is 4.03. The van der Waals surface area contributed by atoms with Gasteiger partial charge >= 0.3 is 0 Å². The Bertz CT molecular complexity index is 1450. The predicted molar refractivity (Wildman–Crippen MR) is 188 cm³/mol. The molecule has 2 atom stereocenters. The number of pyridine rings is 1. The monoisotopic (exact) mass is 641 g/mol. The van der Waals surface area contributed by atoms with Gasteiger partial charge in [-0.3, -0.25) is 9.78 Å². The number of carbonyl (C=O) groups is 1. The van der Waals surface area contributed by atoms with Gasteiger partial charge in [0.2, 0.25) is 5.91 Å². The number of aliphatic hydroxyl groups excluding tert-OH is 2. The summed E-state index contributed by atoms with van der Waals surface area (Å²) in [5, 5.41) is 22.6. The van der Waals surface area contributed by atoms with Crippen LogP contribution >= 0.6 is 0 Å². The second kappa shape index (κ2) is 16.7. The van der Waals surface area contributed by atoms with Crippen LogP contribution in [0.4, 0.5) is 0 Å². The standard InChI is InChI=1S/C40H55N3O4/c1-4-23-43(24-8-7-11-33(45)28-44)39(46)14-9-10-29(2)31-16-15-30(3)32(25-31)26-42-40(20-21-40)37-27-41-22-19-35(37)36-12-5-6-13-38(36)47-34-17-18-34/h5-6,12-13,15-16,19,22,25,27,29,33-34,42,44-45H,4,7-11,14,17-18,20-21,23-24,26,28H2,1-3H3. The summed E-state index contributed by atoms with van der Waals surface area (Å²) in [5.41, 5.74) is 7.44. The zero-order valence-electron chi connectivity index (χ0n) is 28.7. The molecule has 0 spiro atoms. The molecule has 7 heteroatoms. The van der Waals surface area contributed by atoms with E-state index in [2.05, 4.69) is 79.6 Å². The lowest BCUT2D eigenvalue weighted by atomic mass is 9.91. The first-order valence-electron chi connectivity index (χ1n) is 17.9. The maximum Gasteiger partial charge on any atom is 0.222 e. The van der Waals surface area contributed by atoms with E-state index in [1.807, 2.05) is 17.3 Å².